The van der Waals surface area contributed by atoms with Crippen molar-refractivity contribution < 1.29 is 9.63 Å². The lowest BCUT2D eigenvalue weighted by atomic mass is 10.2. The Morgan fingerprint density at radius 2 is 2.40 bits per heavy atom. The Bertz CT molecular complexity index is 376. The highest BCUT2D eigenvalue weighted by Gasteiger charge is 2.35. The molecule has 2 rings (SSSR count). The van der Waals surface area contributed by atoms with E-state index in [1.807, 2.05) is 0 Å². The van der Waals surface area contributed by atoms with Gasteiger partial charge in [-0.25, -0.2) is 0 Å². The summed E-state index contributed by atoms with van der Waals surface area (Å²) in [7, 11) is 0. The lowest BCUT2D eigenvalue weighted by molar-refractivity contribution is 0.187. The average molecular weight is 210 g/mol. The van der Waals surface area contributed by atoms with E-state index in [-0.39, 0.29) is 6.04 Å². The number of nitrogens with one attached hydrogen (secondary N) is 1. The third kappa shape index (κ3) is 1.85. The lowest BCUT2D eigenvalue weighted by Crippen LogP contribution is -2.29. The number of aliphatic hydroxyl groups excluding tert-OH is 1. The molecule has 0 spiro atoms. The molecule has 0 bridgehead atoms. The van der Waals surface area contributed by atoms with Gasteiger partial charge in [0, 0.05) is 13.0 Å². The van der Waals surface area contributed by atoms with Crippen molar-refractivity contribution in [3.05, 3.63) is 11.7 Å². The Morgan fingerprint density at radius 3 is 2.93 bits per heavy atom. The Kier molecular flexibility index (Phi) is 2.44. The van der Waals surface area contributed by atoms with Crippen molar-refractivity contribution in [1.29, 1.82) is 5.41 Å². The highest BCUT2D eigenvalue weighted by molar-refractivity contribution is 5.77. The Labute approximate surface area is 87.4 Å². The number of likely N-dealkylation sites (tertiary alicyclic amines) is 1. The molecule has 82 valence electrons. The molecule has 6 heteroatoms. The fourth-order valence-electron chi connectivity index (χ4n) is 1.87. The highest BCUT2D eigenvalue weighted by Crippen LogP contribution is 2.30. The maximum atomic E-state index is 9.56. The summed E-state index contributed by atoms with van der Waals surface area (Å²) in [6.07, 6.45) is 0.111. The topological polar surface area (TPSA) is 86.2 Å². The van der Waals surface area contributed by atoms with Crippen LogP contribution in [-0.4, -0.2) is 38.6 Å². The summed E-state index contributed by atoms with van der Waals surface area (Å²) in [5.74, 6) is 1.47. The van der Waals surface area contributed by atoms with Gasteiger partial charge in [-0.15, -0.1) is 0 Å². The zero-order valence-corrected chi connectivity index (χ0v) is 8.77. The molecule has 0 saturated carbocycles. The van der Waals surface area contributed by atoms with E-state index in [0.717, 1.165) is 0 Å². The summed E-state index contributed by atoms with van der Waals surface area (Å²) < 4.78 is 5.07. The van der Waals surface area contributed by atoms with Crippen molar-refractivity contribution in [2.45, 2.75) is 32.4 Å². The second kappa shape index (κ2) is 3.62. The molecular formula is C9H14N4O2. The minimum Gasteiger partial charge on any atom is -0.391 e. The zero-order chi connectivity index (χ0) is 11.0. The molecule has 1 aromatic heterocycles. The number of nitrogens with zero attached hydrogens (tertiary/aromatic N) is 3. The van der Waals surface area contributed by atoms with E-state index in [1.54, 1.807) is 18.7 Å². The van der Waals surface area contributed by atoms with Crippen LogP contribution in [0.2, 0.25) is 0 Å². The molecule has 2 atom stereocenters. The van der Waals surface area contributed by atoms with Crippen molar-refractivity contribution in [2.24, 2.45) is 0 Å². The third-order valence-corrected chi connectivity index (χ3v) is 2.54. The van der Waals surface area contributed by atoms with Gasteiger partial charge in [0.25, 0.3) is 0 Å². The van der Waals surface area contributed by atoms with Crippen LogP contribution in [0.4, 0.5) is 0 Å². The van der Waals surface area contributed by atoms with Gasteiger partial charge in [0.15, 0.2) is 5.82 Å². The monoisotopic (exact) mass is 210 g/mol. The van der Waals surface area contributed by atoms with Crippen LogP contribution in [0.15, 0.2) is 4.52 Å². The van der Waals surface area contributed by atoms with Crippen LogP contribution in [0.3, 0.4) is 0 Å². The first-order valence-electron chi connectivity index (χ1n) is 4.88. The number of amidine groups is 1. The van der Waals surface area contributed by atoms with Crippen molar-refractivity contribution in [3.8, 4) is 0 Å². The lowest BCUT2D eigenvalue weighted by Gasteiger charge is -2.21. The summed E-state index contributed by atoms with van der Waals surface area (Å²) in [5.41, 5.74) is 0. The second-order valence-corrected chi connectivity index (χ2v) is 3.82. The van der Waals surface area contributed by atoms with E-state index in [0.29, 0.717) is 30.5 Å². The van der Waals surface area contributed by atoms with Gasteiger partial charge in [-0.05, 0) is 13.8 Å². The van der Waals surface area contributed by atoms with Crippen molar-refractivity contribution >= 4 is 5.84 Å². The number of aliphatic hydroxyl groups is 1. The van der Waals surface area contributed by atoms with E-state index in [4.69, 9.17) is 9.93 Å². The third-order valence-electron chi connectivity index (χ3n) is 2.54. The fourth-order valence-corrected chi connectivity index (χ4v) is 1.87. The second-order valence-electron chi connectivity index (χ2n) is 3.82. The molecule has 1 aliphatic rings. The Balaban J connectivity index is 2.24. The van der Waals surface area contributed by atoms with Gasteiger partial charge in [0.2, 0.25) is 5.89 Å². The maximum Gasteiger partial charge on any atom is 0.249 e. The number of aromatic nitrogens is 2. The van der Waals surface area contributed by atoms with Crippen LogP contribution in [0.5, 0.6) is 0 Å². The van der Waals surface area contributed by atoms with E-state index in [2.05, 4.69) is 10.1 Å². The molecule has 0 aromatic carbocycles. The highest BCUT2D eigenvalue weighted by atomic mass is 16.5. The number of hydrogen-bond acceptors (Lipinski definition) is 5. The van der Waals surface area contributed by atoms with Crippen molar-refractivity contribution in [2.75, 3.05) is 6.54 Å². The predicted molar refractivity (Wildman–Crippen MR) is 52.5 cm³/mol. The molecule has 6 nitrogen and oxygen atoms in total. The van der Waals surface area contributed by atoms with Gasteiger partial charge >= 0.3 is 0 Å². The number of β-amino-alcohol motifs (C(OH)–C–C–N with tert-alkyl or cyclic N) is 1. The van der Waals surface area contributed by atoms with Gasteiger partial charge in [0.05, 0.1) is 11.9 Å². The fraction of sp³-hybridized carbons (Fsp3) is 0.667. The predicted octanol–water partition coefficient (Wildman–Crippen LogP) is 0.483. The molecular weight excluding hydrogens is 196 g/mol. The van der Waals surface area contributed by atoms with Crippen molar-refractivity contribution in [1.82, 2.24) is 15.0 Å². The van der Waals surface area contributed by atoms with Crippen LogP contribution < -0.4 is 0 Å². The number of rotatable bonds is 1. The van der Waals surface area contributed by atoms with Gasteiger partial charge in [-0.1, -0.05) is 5.16 Å². The molecule has 0 unspecified atom stereocenters. The summed E-state index contributed by atoms with van der Waals surface area (Å²) in [4.78, 5) is 5.91. The summed E-state index contributed by atoms with van der Waals surface area (Å²) in [5, 5.41) is 20.9. The van der Waals surface area contributed by atoms with Crippen molar-refractivity contribution in [3.63, 3.8) is 0 Å². The van der Waals surface area contributed by atoms with E-state index in [1.165, 1.54) is 0 Å². The minimum absolute atomic E-state index is 0.154. The zero-order valence-electron chi connectivity index (χ0n) is 8.77. The number of aryl methyl sites for hydroxylation is 1. The van der Waals surface area contributed by atoms with Crippen LogP contribution in [0, 0.1) is 12.3 Å². The molecule has 2 heterocycles. The van der Waals surface area contributed by atoms with Gasteiger partial charge in [0.1, 0.15) is 6.04 Å². The van der Waals surface area contributed by atoms with Crippen LogP contribution in [0.1, 0.15) is 31.1 Å². The molecule has 2 N–H and O–H groups in total. The molecule has 0 aliphatic carbocycles. The first kappa shape index (κ1) is 10.1. The first-order valence-corrected chi connectivity index (χ1v) is 4.88. The molecule has 1 saturated heterocycles. The largest absolute Gasteiger partial charge is 0.391 e. The minimum atomic E-state index is -0.428. The molecule has 15 heavy (non-hydrogen) atoms. The van der Waals surface area contributed by atoms with Gasteiger partial charge < -0.3 is 14.5 Å². The Hall–Kier alpha value is -1.43. The standard InChI is InChI=1S/C9H14N4O2/c1-5(10)13-4-7(14)3-8(13)9-11-6(2)12-15-9/h7-8,10,14H,3-4H2,1-2H3/t7-,8+/m1/s1. The van der Waals surface area contributed by atoms with E-state index >= 15 is 0 Å². The van der Waals surface area contributed by atoms with Gasteiger partial charge in [-0.2, -0.15) is 4.98 Å². The smallest absolute Gasteiger partial charge is 0.249 e. The summed E-state index contributed by atoms with van der Waals surface area (Å²) in [6, 6.07) is -0.154. The van der Waals surface area contributed by atoms with E-state index in [9.17, 15) is 5.11 Å². The van der Waals surface area contributed by atoms with Crippen LogP contribution in [-0.2, 0) is 0 Å². The van der Waals surface area contributed by atoms with Crippen LogP contribution >= 0.6 is 0 Å². The SMILES string of the molecule is CC(=N)N1C[C@H](O)C[C@H]1c1nc(C)no1. The number of hydrogen-bond donors (Lipinski definition) is 2. The van der Waals surface area contributed by atoms with Gasteiger partial charge in [-0.3, -0.25) is 5.41 Å². The molecule has 0 amide bonds. The maximum absolute atomic E-state index is 9.56. The van der Waals surface area contributed by atoms with E-state index < -0.39 is 6.10 Å². The molecule has 1 fully saturated rings. The Morgan fingerprint density at radius 1 is 1.67 bits per heavy atom. The molecule has 1 aliphatic heterocycles. The normalized spacial score (nSPS) is 25.9. The van der Waals surface area contributed by atoms with Crippen LogP contribution in [0.25, 0.3) is 0 Å². The molecule has 1 aromatic rings. The summed E-state index contributed by atoms with van der Waals surface area (Å²) >= 11 is 0. The first-order chi connectivity index (χ1) is 7.08. The quantitative estimate of drug-likeness (QED) is 0.520. The molecule has 0 radical (unpaired) electrons. The summed E-state index contributed by atoms with van der Waals surface area (Å²) in [6.45, 7) is 3.90. The average Bonchev–Trinajstić information content (AvgIpc) is 2.71.